The van der Waals surface area contributed by atoms with E-state index in [1.54, 1.807) is 14.0 Å². The molecule has 0 unspecified atom stereocenters. The van der Waals surface area contributed by atoms with Crippen molar-refractivity contribution in [1.29, 1.82) is 0 Å². The van der Waals surface area contributed by atoms with E-state index in [0.29, 0.717) is 16.4 Å². The highest BCUT2D eigenvalue weighted by Gasteiger charge is 2.25. The third-order valence-corrected chi connectivity index (χ3v) is 5.20. The number of aromatic nitrogens is 2. The smallest absolute Gasteiger partial charge is 0.256 e. The Balaban J connectivity index is 1.86. The summed E-state index contributed by atoms with van der Waals surface area (Å²) in [7, 11) is 1.73. The molecular formula is C15H16ClN3OS. The number of fused-ring (bicyclic) bond motifs is 1. The average molecular weight is 322 g/mol. The van der Waals surface area contributed by atoms with Gasteiger partial charge in [-0.3, -0.25) is 9.48 Å². The number of benzene rings is 1. The number of nitrogens with one attached hydrogen (secondary N) is 1. The van der Waals surface area contributed by atoms with E-state index in [1.165, 1.54) is 15.1 Å². The molecule has 0 aliphatic carbocycles. The van der Waals surface area contributed by atoms with Crippen molar-refractivity contribution in [2.45, 2.75) is 24.3 Å². The molecule has 0 saturated carbocycles. The second-order valence-corrected chi connectivity index (χ2v) is 6.57. The van der Waals surface area contributed by atoms with Gasteiger partial charge in [0.2, 0.25) is 0 Å². The van der Waals surface area contributed by atoms with Crippen LogP contribution in [0.2, 0.25) is 5.15 Å². The predicted octanol–water partition coefficient (Wildman–Crippen LogP) is 3.35. The van der Waals surface area contributed by atoms with Gasteiger partial charge >= 0.3 is 0 Å². The minimum Gasteiger partial charge on any atom is -0.345 e. The average Bonchev–Trinajstić information content (AvgIpc) is 2.72. The van der Waals surface area contributed by atoms with E-state index >= 15 is 0 Å². The van der Waals surface area contributed by atoms with Crippen molar-refractivity contribution >= 4 is 29.3 Å². The molecule has 1 aromatic heterocycles. The Morgan fingerprint density at radius 2 is 2.24 bits per heavy atom. The topological polar surface area (TPSA) is 46.9 Å². The van der Waals surface area contributed by atoms with Crippen molar-refractivity contribution in [3.63, 3.8) is 0 Å². The van der Waals surface area contributed by atoms with Crippen LogP contribution in [0.15, 0.2) is 29.2 Å². The van der Waals surface area contributed by atoms with Gasteiger partial charge in [0.05, 0.1) is 17.3 Å². The molecule has 21 heavy (non-hydrogen) atoms. The molecule has 0 fully saturated rings. The van der Waals surface area contributed by atoms with E-state index in [4.69, 9.17) is 11.6 Å². The van der Waals surface area contributed by atoms with Crippen LogP contribution in [0.25, 0.3) is 0 Å². The Kier molecular flexibility index (Phi) is 3.95. The van der Waals surface area contributed by atoms with Crippen molar-refractivity contribution in [2.24, 2.45) is 7.05 Å². The fourth-order valence-electron chi connectivity index (χ4n) is 2.61. The molecule has 4 nitrogen and oxygen atoms in total. The van der Waals surface area contributed by atoms with Gasteiger partial charge in [-0.05, 0) is 25.0 Å². The lowest BCUT2D eigenvalue weighted by atomic mass is 10.0. The highest BCUT2D eigenvalue weighted by atomic mass is 35.5. The van der Waals surface area contributed by atoms with Crippen molar-refractivity contribution < 1.29 is 4.79 Å². The van der Waals surface area contributed by atoms with Crippen molar-refractivity contribution in [3.05, 3.63) is 46.2 Å². The summed E-state index contributed by atoms with van der Waals surface area (Å²) < 4.78 is 1.52. The lowest BCUT2D eigenvalue weighted by molar-refractivity contribution is 0.0934. The molecule has 1 amide bonds. The summed E-state index contributed by atoms with van der Waals surface area (Å²) in [5.41, 5.74) is 2.30. The summed E-state index contributed by atoms with van der Waals surface area (Å²) in [6.07, 6.45) is 0.921. The van der Waals surface area contributed by atoms with Gasteiger partial charge in [0, 0.05) is 17.7 Å². The summed E-state index contributed by atoms with van der Waals surface area (Å²) in [4.78, 5) is 13.8. The number of halogens is 1. The SMILES string of the molecule is Cc1nn(C)c(Cl)c1C(=O)N[C@H]1CCSc2ccccc21. The number of hydrogen-bond donors (Lipinski definition) is 1. The highest BCUT2D eigenvalue weighted by Crippen LogP contribution is 2.36. The fourth-order valence-corrected chi connectivity index (χ4v) is 4.00. The van der Waals surface area contributed by atoms with Crippen LogP contribution in [0.3, 0.4) is 0 Å². The Morgan fingerprint density at radius 3 is 2.95 bits per heavy atom. The minimum absolute atomic E-state index is 0.0330. The monoisotopic (exact) mass is 321 g/mol. The van der Waals surface area contributed by atoms with Crippen LogP contribution in [0, 0.1) is 6.92 Å². The van der Waals surface area contributed by atoms with Gasteiger partial charge in [-0.15, -0.1) is 11.8 Å². The molecule has 3 rings (SSSR count). The highest BCUT2D eigenvalue weighted by molar-refractivity contribution is 7.99. The van der Waals surface area contributed by atoms with E-state index in [0.717, 1.165) is 12.2 Å². The van der Waals surface area contributed by atoms with Crippen LogP contribution in [0.5, 0.6) is 0 Å². The number of carbonyl (C=O) groups excluding carboxylic acids is 1. The summed E-state index contributed by atoms with van der Waals surface area (Å²) >= 11 is 7.99. The first kappa shape index (κ1) is 14.5. The third-order valence-electron chi connectivity index (χ3n) is 3.64. The first-order valence-corrected chi connectivity index (χ1v) is 8.16. The number of nitrogens with zero attached hydrogens (tertiary/aromatic N) is 2. The molecule has 2 heterocycles. The number of hydrogen-bond acceptors (Lipinski definition) is 3. The normalized spacial score (nSPS) is 17.4. The lowest BCUT2D eigenvalue weighted by Crippen LogP contribution is -2.31. The second-order valence-electron chi connectivity index (χ2n) is 5.08. The van der Waals surface area contributed by atoms with Crippen molar-refractivity contribution in [3.8, 4) is 0 Å². The van der Waals surface area contributed by atoms with Crippen LogP contribution in [0.1, 0.15) is 34.1 Å². The first-order chi connectivity index (χ1) is 10.1. The molecule has 1 aromatic carbocycles. The Labute approximate surface area is 132 Å². The molecule has 0 saturated heterocycles. The largest absolute Gasteiger partial charge is 0.345 e. The maximum absolute atomic E-state index is 12.5. The number of rotatable bonds is 2. The predicted molar refractivity (Wildman–Crippen MR) is 84.9 cm³/mol. The molecule has 1 aliphatic heterocycles. The Hall–Kier alpha value is -1.46. The van der Waals surface area contributed by atoms with Crippen molar-refractivity contribution in [2.75, 3.05) is 5.75 Å². The third kappa shape index (κ3) is 2.68. The first-order valence-electron chi connectivity index (χ1n) is 6.79. The number of carbonyl (C=O) groups is 1. The Bertz CT molecular complexity index is 698. The van der Waals surface area contributed by atoms with E-state index in [1.807, 2.05) is 23.9 Å². The van der Waals surface area contributed by atoms with E-state index in [-0.39, 0.29) is 11.9 Å². The molecule has 0 spiro atoms. The summed E-state index contributed by atoms with van der Waals surface area (Å²) in [6.45, 7) is 1.80. The molecule has 0 bridgehead atoms. The number of aryl methyl sites for hydroxylation is 2. The van der Waals surface area contributed by atoms with Gasteiger partial charge in [-0.2, -0.15) is 5.10 Å². The molecule has 110 valence electrons. The molecule has 6 heteroatoms. The lowest BCUT2D eigenvalue weighted by Gasteiger charge is -2.25. The maximum Gasteiger partial charge on any atom is 0.256 e. The van der Waals surface area contributed by atoms with E-state index < -0.39 is 0 Å². The van der Waals surface area contributed by atoms with Gasteiger partial charge in [-0.1, -0.05) is 29.8 Å². The molecule has 2 aromatic rings. The summed E-state index contributed by atoms with van der Waals surface area (Å²) in [6, 6.07) is 8.24. The number of amides is 1. The van der Waals surface area contributed by atoms with Gasteiger partial charge in [0.15, 0.2) is 0 Å². The van der Waals surface area contributed by atoms with Crippen LogP contribution in [-0.4, -0.2) is 21.4 Å². The maximum atomic E-state index is 12.5. The fraction of sp³-hybridized carbons (Fsp3) is 0.333. The van der Waals surface area contributed by atoms with Crippen LogP contribution in [0.4, 0.5) is 0 Å². The van der Waals surface area contributed by atoms with Crippen molar-refractivity contribution in [1.82, 2.24) is 15.1 Å². The van der Waals surface area contributed by atoms with Crippen LogP contribution < -0.4 is 5.32 Å². The quantitative estimate of drug-likeness (QED) is 0.922. The Morgan fingerprint density at radius 1 is 1.48 bits per heavy atom. The summed E-state index contributed by atoms with van der Waals surface area (Å²) in [5, 5.41) is 7.66. The van der Waals surface area contributed by atoms with Crippen LogP contribution in [-0.2, 0) is 7.05 Å². The standard InChI is InChI=1S/C15H16ClN3OS/c1-9-13(14(16)19(2)18-9)15(20)17-11-7-8-21-12-6-4-3-5-10(11)12/h3-6,11H,7-8H2,1-2H3,(H,17,20)/t11-/m0/s1. The molecule has 1 aliphatic rings. The zero-order valence-corrected chi connectivity index (χ0v) is 13.5. The van der Waals surface area contributed by atoms with Gasteiger partial charge in [0.25, 0.3) is 5.91 Å². The van der Waals surface area contributed by atoms with E-state index in [2.05, 4.69) is 22.5 Å². The van der Waals surface area contributed by atoms with E-state index in [9.17, 15) is 4.79 Å². The van der Waals surface area contributed by atoms with Crippen LogP contribution >= 0.6 is 23.4 Å². The molecule has 1 N–H and O–H groups in total. The zero-order valence-electron chi connectivity index (χ0n) is 11.9. The molecule has 1 atom stereocenters. The summed E-state index contributed by atoms with van der Waals surface area (Å²) in [5.74, 6) is 0.846. The van der Waals surface area contributed by atoms with Gasteiger partial charge in [-0.25, -0.2) is 0 Å². The zero-order chi connectivity index (χ0) is 15.0. The van der Waals surface area contributed by atoms with Gasteiger partial charge < -0.3 is 5.32 Å². The number of thioether (sulfide) groups is 1. The van der Waals surface area contributed by atoms with Gasteiger partial charge in [0.1, 0.15) is 5.15 Å². The molecule has 0 radical (unpaired) electrons. The minimum atomic E-state index is -0.155. The second kappa shape index (κ2) is 5.73. The molecular weight excluding hydrogens is 306 g/mol.